The Kier molecular flexibility index (Phi) is 4.43. The van der Waals surface area contributed by atoms with Crippen molar-refractivity contribution in [2.75, 3.05) is 19.0 Å². The molecule has 0 fully saturated rings. The van der Waals surface area contributed by atoms with Crippen LogP contribution in [0.1, 0.15) is 22.7 Å². The second-order valence-corrected chi connectivity index (χ2v) is 5.66. The maximum Gasteiger partial charge on any atom is 0.268 e. The minimum atomic E-state index is -0.251. The van der Waals surface area contributed by atoms with Crippen molar-refractivity contribution in [3.05, 3.63) is 57.5 Å². The fourth-order valence-corrected chi connectivity index (χ4v) is 2.32. The molecule has 1 unspecified atom stereocenters. The number of aryl methyl sites for hydroxylation is 2. The topological polar surface area (TPSA) is 64.2 Å². The molecule has 0 aliphatic carbocycles. The summed E-state index contributed by atoms with van der Waals surface area (Å²) in [5.74, 6) is 0. The van der Waals surface area contributed by atoms with E-state index in [9.17, 15) is 4.79 Å². The van der Waals surface area contributed by atoms with Crippen molar-refractivity contribution < 1.29 is 0 Å². The highest BCUT2D eigenvalue weighted by Gasteiger charge is 2.10. The lowest BCUT2D eigenvalue weighted by atomic mass is 10.0. The minimum Gasteiger partial charge on any atom is -0.376 e. The van der Waals surface area contributed by atoms with E-state index in [-0.39, 0.29) is 11.6 Å². The van der Waals surface area contributed by atoms with Gasteiger partial charge in [-0.2, -0.15) is 5.10 Å². The van der Waals surface area contributed by atoms with Crippen molar-refractivity contribution >= 4 is 5.69 Å². The van der Waals surface area contributed by atoms with Crippen LogP contribution in [0.2, 0.25) is 0 Å². The number of nitrogens with zero attached hydrogens (tertiary/aromatic N) is 3. The van der Waals surface area contributed by atoms with Crippen LogP contribution in [-0.2, 0) is 6.54 Å². The number of nitrogens with two attached hydrogens (primary N) is 1. The third-order valence-electron chi connectivity index (χ3n) is 3.41. The lowest BCUT2D eigenvalue weighted by Gasteiger charge is -2.16. The van der Waals surface area contributed by atoms with Gasteiger partial charge in [-0.25, -0.2) is 4.68 Å². The molecule has 0 bridgehead atoms. The molecule has 112 valence electrons. The summed E-state index contributed by atoms with van der Waals surface area (Å²) in [6.07, 6.45) is 1.68. The van der Waals surface area contributed by atoms with Gasteiger partial charge in [0.1, 0.15) is 0 Å². The molecule has 1 heterocycles. The second-order valence-electron chi connectivity index (χ2n) is 5.66. The van der Waals surface area contributed by atoms with E-state index in [1.54, 1.807) is 12.3 Å². The van der Waals surface area contributed by atoms with E-state index in [1.807, 2.05) is 32.8 Å². The van der Waals surface area contributed by atoms with Crippen LogP contribution < -0.4 is 16.2 Å². The van der Waals surface area contributed by atoms with E-state index >= 15 is 0 Å². The average molecular weight is 286 g/mol. The second kappa shape index (κ2) is 6.10. The van der Waals surface area contributed by atoms with Gasteiger partial charge >= 0.3 is 0 Å². The Bertz CT molecular complexity index is 671. The van der Waals surface area contributed by atoms with Crippen molar-refractivity contribution in [1.29, 1.82) is 0 Å². The molecular weight excluding hydrogens is 264 g/mol. The van der Waals surface area contributed by atoms with Gasteiger partial charge in [0.05, 0.1) is 18.4 Å². The summed E-state index contributed by atoms with van der Waals surface area (Å²) >= 11 is 0. The molecule has 0 radical (unpaired) electrons. The smallest absolute Gasteiger partial charge is 0.268 e. The molecule has 1 atom stereocenters. The summed E-state index contributed by atoms with van der Waals surface area (Å²) in [6, 6.07) is 7.53. The molecule has 5 heteroatoms. The first-order chi connectivity index (χ1) is 9.86. The first-order valence-electron chi connectivity index (χ1n) is 6.95. The molecule has 1 aromatic heterocycles. The molecular formula is C16H22N4O. The number of hydrogen-bond donors (Lipinski definition) is 1. The summed E-state index contributed by atoms with van der Waals surface area (Å²) in [4.78, 5) is 13.9. The monoisotopic (exact) mass is 286 g/mol. The average Bonchev–Trinajstić information content (AvgIpc) is 2.39. The molecule has 0 spiro atoms. The van der Waals surface area contributed by atoms with E-state index in [2.05, 4.69) is 23.3 Å². The number of benzene rings is 1. The Labute approximate surface area is 125 Å². The lowest BCUT2D eigenvalue weighted by Crippen LogP contribution is -2.29. The fraction of sp³-hybridized carbons (Fsp3) is 0.375. The standard InChI is InChI=1S/C16H22N4O/c1-11-5-12(2)7-13(6-11)15(17)10-20-16(21)8-14(9-18-20)19(3)4/h5-9,15H,10,17H2,1-4H3. The lowest BCUT2D eigenvalue weighted by molar-refractivity contribution is 0.503. The Hall–Kier alpha value is -2.14. The van der Waals surface area contributed by atoms with Crippen LogP contribution in [0.4, 0.5) is 5.69 Å². The van der Waals surface area contributed by atoms with Gasteiger partial charge in [0.15, 0.2) is 0 Å². The van der Waals surface area contributed by atoms with Gasteiger partial charge in [0, 0.05) is 26.2 Å². The number of rotatable bonds is 4. The van der Waals surface area contributed by atoms with Gasteiger partial charge in [0.2, 0.25) is 0 Å². The zero-order chi connectivity index (χ0) is 15.6. The van der Waals surface area contributed by atoms with Gasteiger partial charge in [-0.05, 0) is 19.4 Å². The van der Waals surface area contributed by atoms with Crippen LogP contribution in [-0.4, -0.2) is 23.9 Å². The molecule has 0 saturated carbocycles. The molecule has 5 nitrogen and oxygen atoms in total. The molecule has 0 saturated heterocycles. The molecule has 0 aliphatic rings. The van der Waals surface area contributed by atoms with E-state index in [1.165, 1.54) is 15.8 Å². The fourth-order valence-electron chi connectivity index (χ4n) is 2.32. The summed E-state index contributed by atoms with van der Waals surface area (Å²) < 4.78 is 1.41. The molecule has 0 aliphatic heterocycles. The van der Waals surface area contributed by atoms with Gasteiger partial charge in [-0.1, -0.05) is 29.3 Å². The van der Waals surface area contributed by atoms with E-state index < -0.39 is 0 Å². The van der Waals surface area contributed by atoms with Crippen molar-refractivity contribution in [2.45, 2.75) is 26.4 Å². The summed E-state index contributed by atoms with van der Waals surface area (Å²) in [6.45, 7) is 4.45. The Morgan fingerprint density at radius 1 is 1.19 bits per heavy atom. The predicted octanol–water partition coefficient (Wildman–Crippen LogP) is 1.63. The van der Waals surface area contributed by atoms with E-state index in [0.717, 1.165) is 11.3 Å². The Balaban J connectivity index is 2.23. The van der Waals surface area contributed by atoms with Crippen LogP contribution in [0.15, 0.2) is 35.3 Å². The van der Waals surface area contributed by atoms with Crippen LogP contribution in [0.5, 0.6) is 0 Å². The summed E-state index contributed by atoms with van der Waals surface area (Å²) in [7, 11) is 3.75. The maximum absolute atomic E-state index is 12.1. The zero-order valence-corrected chi connectivity index (χ0v) is 13.0. The third-order valence-corrected chi connectivity index (χ3v) is 3.41. The SMILES string of the molecule is Cc1cc(C)cc(C(N)Cn2ncc(N(C)C)cc2=O)c1. The first-order valence-corrected chi connectivity index (χ1v) is 6.95. The molecule has 2 aromatic rings. The van der Waals surface area contributed by atoms with Crippen molar-refractivity contribution in [3.8, 4) is 0 Å². The van der Waals surface area contributed by atoms with Gasteiger partial charge in [0.25, 0.3) is 5.56 Å². The van der Waals surface area contributed by atoms with Crippen LogP contribution in [0, 0.1) is 13.8 Å². The van der Waals surface area contributed by atoms with Gasteiger partial charge in [-0.15, -0.1) is 0 Å². The van der Waals surface area contributed by atoms with Gasteiger partial charge in [-0.3, -0.25) is 4.79 Å². The number of aromatic nitrogens is 2. The van der Waals surface area contributed by atoms with Crippen LogP contribution in [0.25, 0.3) is 0 Å². The van der Waals surface area contributed by atoms with Crippen molar-refractivity contribution in [3.63, 3.8) is 0 Å². The molecule has 1 aromatic carbocycles. The van der Waals surface area contributed by atoms with Crippen LogP contribution >= 0.6 is 0 Å². The molecule has 0 amide bonds. The van der Waals surface area contributed by atoms with Crippen molar-refractivity contribution in [1.82, 2.24) is 9.78 Å². The Morgan fingerprint density at radius 2 is 1.81 bits per heavy atom. The quantitative estimate of drug-likeness (QED) is 0.927. The maximum atomic E-state index is 12.1. The summed E-state index contributed by atoms with van der Waals surface area (Å²) in [5.41, 5.74) is 10.2. The molecule has 2 rings (SSSR count). The largest absolute Gasteiger partial charge is 0.376 e. The third kappa shape index (κ3) is 3.70. The van der Waals surface area contributed by atoms with E-state index in [0.29, 0.717) is 6.54 Å². The van der Waals surface area contributed by atoms with Gasteiger partial charge < -0.3 is 10.6 Å². The van der Waals surface area contributed by atoms with Crippen molar-refractivity contribution in [2.24, 2.45) is 5.73 Å². The van der Waals surface area contributed by atoms with Crippen LogP contribution in [0.3, 0.4) is 0 Å². The highest BCUT2D eigenvalue weighted by Crippen LogP contribution is 2.16. The molecule has 2 N–H and O–H groups in total. The highest BCUT2D eigenvalue weighted by atomic mass is 16.1. The zero-order valence-electron chi connectivity index (χ0n) is 13.0. The normalized spacial score (nSPS) is 12.2. The Morgan fingerprint density at radius 3 is 2.33 bits per heavy atom. The number of anilines is 1. The summed E-state index contributed by atoms with van der Waals surface area (Å²) in [5, 5.41) is 4.19. The van der Waals surface area contributed by atoms with E-state index in [4.69, 9.17) is 5.73 Å². The highest BCUT2D eigenvalue weighted by molar-refractivity contribution is 5.40. The first kappa shape index (κ1) is 15.3. The minimum absolute atomic E-state index is 0.138. The predicted molar refractivity (Wildman–Crippen MR) is 85.7 cm³/mol. The molecule has 21 heavy (non-hydrogen) atoms. The number of hydrogen-bond acceptors (Lipinski definition) is 4.